The predicted molar refractivity (Wildman–Crippen MR) is 137 cm³/mol. The molecule has 3 aromatic rings. The lowest BCUT2D eigenvalue weighted by atomic mass is 10.3. The zero-order valence-electron chi connectivity index (χ0n) is 18.5. The van der Waals surface area contributed by atoms with Crippen molar-refractivity contribution in [1.29, 1.82) is 0 Å². The van der Waals surface area contributed by atoms with Crippen LogP contribution in [0.5, 0.6) is 11.5 Å². The monoisotopic (exact) mass is 540 g/mol. The fraction of sp³-hybridized carbons (Fsp3) is 0.174. The Bertz CT molecular complexity index is 1290. The third kappa shape index (κ3) is 6.29. The van der Waals surface area contributed by atoms with E-state index in [2.05, 4.69) is 10.0 Å². The molecule has 2 N–H and O–H groups in total. The number of rotatable bonds is 9. The molecular formula is C23H22Cl2N2O5S2. The van der Waals surface area contributed by atoms with Gasteiger partial charge in [-0.2, -0.15) is 0 Å². The first kappa shape index (κ1) is 26.0. The zero-order valence-corrected chi connectivity index (χ0v) is 21.6. The molecule has 34 heavy (non-hydrogen) atoms. The van der Waals surface area contributed by atoms with E-state index in [1.165, 1.54) is 42.1 Å². The van der Waals surface area contributed by atoms with Crippen LogP contribution in [0.1, 0.15) is 6.92 Å². The molecule has 0 saturated heterocycles. The van der Waals surface area contributed by atoms with Crippen LogP contribution in [0, 0.1) is 0 Å². The van der Waals surface area contributed by atoms with Crippen LogP contribution < -0.4 is 19.5 Å². The number of nitrogens with one attached hydrogen (secondary N) is 2. The standard InChI is InChI=1S/C23H22Cl2N2O5S2/c1-14(33-16-9-12-20(31-2)21(13-16)32-3)23(28)26-15-7-10-17(11-8-15)34(29,30)27-19-6-4-5-18(24)22(19)25/h4-14,27H,1-3H3,(H,26,28)/t14-/m0/s1. The van der Waals surface area contributed by atoms with Gasteiger partial charge in [0, 0.05) is 10.6 Å². The van der Waals surface area contributed by atoms with E-state index in [1.54, 1.807) is 45.4 Å². The van der Waals surface area contributed by atoms with Gasteiger partial charge < -0.3 is 14.8 Å². The highest BCUT2D eigenvalue weighted by atomic mass is 35.5. The van der Waals surface area contributed by atoms with Crippen LogP contribution in [-0.4, -0.2) is 33.8 Å². The van der Waals surface area contributed by atoms with Gasteiger partial charge in [0.2, 0.25) is 5.91 Å². The number of anilines is 2. The molecule has 3 aromatic carbocycles. The van der Waals surface area contributed by atoms with E-state index < -0.39 is 15.3 Å². The van der Waals surface area contributed by atoms with Gasteiger partial charge in [0.05, 0.1) is 40.1 Å². The Balaban J connectivity index is 1.65. The summed E-state index contributed by atoms with van der Waals surface area (Å²) in [6.07, 6.45) is 0. The van der Waals surface area contributed by atoms with Crippen molar-refractivity contribution in [2.45, 2.75) is 22.0 Å². The van der Waals surface area contributed by atoms with Crippen molar-refractivity contribution < 1.29 is 22.7 Å². The van der Waals surface area contributed by atoms with Gasteiger partial charge in [0.25, 0.3) is 10.0 Å². The number of thioether (sulfide) groups is 1. The quantitative estimate of drug-likeness (QED) is 0.326. The molecule has 0 aliphatic carbocycles. The van der Waals surface area contributed by atoms with Crippen LogP contribution in [0.3, 0.4) is 0 Å². The van der Waals surface area contributed by atoms with Gasteiger partial charge in [0.1, 0.15) is 0 Å². The number of hydrogen-bond acceptors (Lipinski definition) is 6. The van der Waals surface area contributed by atoms with E-state index in [1.807, 2.05) is 6.07 Å². The molecule has 0 aliphatic rings. The summed E-state index contributed by atoms with van der Waals surface area (Å²) < 4.78 is 38.3. The summed E-state index contributed by atoms with van der Waals surface area (Å²) in [6.45, 7) is 1.77. The molecular weight excluding hydrogens is 519 g/mol. The number of carbonyl (C=O) groups excluding carboxylic acids is 1. The molecule has 0 bridgehead atoms. The summed E-state index contributed by atoms with van der Waals surface area (Å²) in [5.74, 6) is 0.940. The predicted octanol–water partition coefficient (Wildman–Crippen LogP) is 5.93. The Labute approximate surface area is 212 Å². The van der Waals surface area contributed by atoms with Crippen molar-refractivity contribution in [2.24, 2.45) is 0 Å². The third-order valence-corrected chi connectivity index (χ3v) is 7.96. The van der Waals surface area contributed by atoms with Gasteiger partial charge in [-0.15, -0.1) is 11.8 Å². The number of ether oxygens (including phenoxy) is 2. The number of amides is 1. The Hall–Kier alpha value is -2.59. The van der Waals surface area contributed by atoms with E-state index in [4.69, 9.17) is 32.7 Å². The fourth-order valence-corrected chi connectivity index (χ4v) is 5.27. The number of halogens is 2. The lowest BCUT2D eigenvalue weighted by molar-refractivity contribution is -0.115. The van der Waals surface area contributed by atoms with Gasteiger partial charge in [-0.05, 0) is 61.5 Å². The maximum atomic E-state index is 12.7. The van der Waals surface area contributed by atoms with E-state index in [-0.39, 0.29) is 26.5 Å². The van der Waals surface area contributed by atoms with Gasteiger partial charge >= 0.3 is 0 Å². The summed E-state index contributed by atoms with van der Waals surface area (Å²) in [5.41, 5.74) is 0.636. The second-order valence-corrected chi connectivity index (χ2v) is 10.9. The minimum atomic E-state index is -3.90. The van der Waals surface area contributed by atoms with Crippen molar-refractivity contribution in [3.8, 4) is 11.5 Å². The molecule has 11 heteroatoms. The molecule has 0 unspecified atom stereocenters. The van der Waals surface area contributed by atoms with Gasteiger partial charge in [0.15, 0.2) is 11.5 Å². The smallest absolute Gasteiger partial charge is 0.261 e. The fourth-order valence-electron chi connectivity index (χ4n) is 2.90. The van der Waals surface area contributed by atoms with Crippen LogP contribution in [0.2, 0.25) is 10.0 Å². The molecule has 0 saturated carbocycles. The number of sulfonamides is 1. The number of carbonyl (C=O) groups is 1. The molecule has 3 rings (SSSR count). The van der Waals surface area contributed by atoms with Crippen LogP contribution in [0.15, 0.2) is 70.5 Å². The number of benzene rings is 3. The number of methoxy groups -OCH3 is 2. The van der Waals surface area contributed by atoms with Crippen LogP contribution in [0.4, 0.5) is 11.4 Å². The summed E-state index contributed by atoms with van der Waals surface area (Å²) in [4.78, 5) is 13.5. The first-order chi connectivity index (χ1) is 16.1. The highest BCUT2D eigenvalue weighted by Crippen LogP contribution is 2.34. The van der Waals surface area contributed by atoms with Crippen LogP contribution in [0.25, 0.3) is 0 Å². The Morgan fingerprint density at radius 2 is 1.65 bits per heavy atom. The third-order valence-electron chi connectivity index (χ3n) is 4.67. The van der Waals surface area contributed by atoms with Crippen molar-refractivity contribution in [3.63, 3.8) is 0 Å². The molecule has 180 valence electrons. The summed E-state index contributed by atoms with van der Waals surface area (Å²) in [5, 5.41) is 2.71. The van der Waals surface area contributed by atoms with Crippen LogP contribution >= 0.6 is 35.0 Å². The first-order valence-electron chi connectivity index (χ1n) is 9.91. The molecule has 0 spiro atoms. The largest absolute Gasteiger partial charge is 0.493 e. The molecule has 0 heterocycles. The topological polar surface area (TPSA) is 93.7 Å². The van der Waals surface area contributed by atoms with E-state index in [0.29, 0.717) is 17.2 Å². The molecule has 1 amide bonds. The normalized spacial score (nSPS) is 12.0. The Morgan fingerprint density at radius 1 is 0.971 bits per heavy atom. The molecule has 1 atom stereocenters. The van der Waals surface area contributed by atoms with Gasteiger partial charge in [-0.1, -0.05) is 29.3 Å². The molecule has 0 aromatic heterocycles. The zero-order chi connectivity index (χ0) is 24.9. The summed E-state index contributed by atoms with van der Waals surface area (Å²) in [6, 6.07) is 15.9. The lowest BCUT2D eigenvalue weighted by Crippen LogP contribution is -2.22. The van der Waals surface area contributed by atoms with Crippen molar-refractivity contribution in [3.05, 3.63) is 70.7 Å². The summed E-state index contributed by atoms with van der Waals surface area (Å²) >= 11 is 13.4. The molecule has 7 nitrogen and oxygen atoms in total. The van der Waals surface area contributed by atoms with Crippen molar-refractivity contribution >= 4 is 62.3 Å². The maximum Gasteiger partial charge on any atom is 0.261 e. The highest BCUT2D eigenvalue weighted by molar-refractivity contribution is 8.00. The lowest BCUT2D eigenvalue weighted by Gasteiger charge is -2.14. The number of hydrogen-bond donors (Lipinski definition) is 2. The van der Waals surface area contributed by atoms with E-state index >= 15 is 0 Å². The second kappa shape index (κ2) is 11.2. The van der Waals surface area contributed by atoms with E-state index in [0.717, 1.165) is 4.90 Å². The van der Waals surface area contributed by atoms with Gasteiger partial charge in [-0.3, -0.25) is 9.52 Å². The first-order valence-corrected chi connectivity index (χ1v) is 13.0. The minimum Gasteiger partial charge on any atom is -0.493 e. The van der Waals surface area contributed by atoms with Crippen LogP contribution in [-0.2, 0) is 14.8 Å². The SMILES string of the molecule is COc1ccc(S[C@@H](C)C(=O)Nc2ccc(S(=O)(=O)Nc3cccc(Cl)c3Cl)cc2)cc1OC. The second-order valence-electron chi connectivity index (χ2n) is 7.00. The van der Waals surface area contributed by atoms with Crippen molar-refractivity contribution in [1.82, 2.24) is 0 Å². The Kier molecular flexibility index (Phi) is 8.59. The summed E-state index contributed by atoms with van der Waals surface area (Å²) in [7, 11) is -0.797. The average molecular weight is 541 g/mol. The average Bonchev–Trinajstić information content (AvgIpc) is 2.82. The molecule has 0 radical (unpaired) electrons. The van der Waals surface area contributed by atoms with E-state index in [9.17, 15) is 13.2 Å². The minimum absolute atomic E-state index is 0.00860. The highest BCUT2D eigenvalue weighted by Gasteiger charge is 2.19. The van der Waals surface area contributed by atoms with Gasteiger partial charge in [-0.25, -0.2) is 8.42 Å². The maximum absolute atomic E-state index is 12.7. The molecule has 0 aliphatic heterocycles. The molecule has 0 fully saturated rings. The Morgan fingerprint density at radius 3 is 2.29 bits per heavy atom. The van der Waals surface area contributed by atoms with Crippen molar-refractivity contribution in [2.75, 3.05) is 24.3 Å².